The SMILES string of the molecule is CCOc1cc(Cl)c(CNC2C3CC4CC(C3)CC2C4)cc1OC. The van der Waals surface area contributed by atoms with E-state index in [2.05, 4.69) is 5.32 Å². The van der Waals surface area contributed by atoms with E-state index in [-0.39, 0.29) is 0 Å². The summed E-state index contributed by atoms with van der Waals surface area (Å²) in [5, 5.41) is 4.60. The zero-order chi connectivity index (χ0) is 16.7. The van der Waals surface area contributed by atoms with Gasteiger partial charge < -0.3 is 14.8 Å². The number of nitrogens with one attached hydrogen (secondary N) is 1. The van der Waals surface area contributed by atoms with Crippen molar-refractivity contribution in [1.82, 2.24) is 5.32 Å². The van der Waals surface area contributed by atoms with Crippen molar-refractivity contribution in [2.75, 3.05) is 13.7 Å². The fourth-order valence-electron chi connectivity index (χ4n) is 5.63. The molecular weight excluding hydrogens is 322 g/mol. The first-order chi connectivity index (χ1) is 11.7. The van der Waals surface area contributed by atoms with E-state index in [9.17, 15) is 0 Å². The standard InChI is InChI=1S/C20H28ClNO2/c1-3-24-19-10-17(21)16(9-18(19)23-2)11-22-20-14-5-12-4-13(7-14)8-15(20)6-12/h9-10,12-15,20,22H,3-8,11H2,1-2H3. The van der Waals surface area contributed by atoms with Crippen LogP contribution in [0.3, 0.4) is 0 Å². The van der Waals surface area contributed by atoms with Gasteiger partial charge in [-0.05, 0) is 74.3 Å². The third-order valence-corrected chi connectivity index (χ3v) is 6.74. The van der Waals surface area contributed by atoms with E-state index in [0.717, 1.165) is 52.3 Å². The summed E-state index contributed by atoms with van der Waals surface area (Å²) in [6, 6.07) is 4.58. The Labute approximate surface area is 150 Å². The second kappa shape index (κ2) is 6.76. The van der Waals surface area contributed by atoms with E-state index >= 15 is 0 Å². The molecule has 4 heteroatoms. The van der Waals surface area contributed by atoms with Crippen molar-refractivity contribution in [3.05, 3.63) is 22.7 Å². The smallest absolute Gasteiger partial charge is 0.162 e. The number of ether oxygens (including phenoxy) is 2. The molecule has 1 N–H and O–H groups in total. The maximum absolute atomic E-state index is 6.49. The van der Waals surface area contributed by atoms with Crippen LogP contribution in [0.2, 0.25) is 5.02 Å². The van der Waals surface area contributed by atoms with Crippen LogP contribution in [0.1, 0.15) is 44.6 Å². The summed E-state index contributed by atoms with van der Waals surface area (Å²) >= 11 is 6.49. The van der Waals surface area contributed by atoms with Crippen LogP contribution in [-0.2, 0) is 6.54 Å². The molecule has 4 aliphatic rings. The third kappa shape index (κ3) is 3.01. The Kier molecular flexibility index (Phi) is 4.66. The van der Waals surface area contributed by atoms with Gasteiger partial charge in [0.15, 0.2) is 11.5 Å². The average molecular weight is 350 g/mol. The quantitative estimate of drug-likeness (QED) is 0.810. The summed E-state index contributed by atoms with van der Waals surface area (Å²) < 4.78 is 11.1. The van der Waals surface area contributed by atoms with E-state index < -0.39 is 0 Å². The van der Waals surface area contributed by atoms with E-state index in [1.807, 2.05) is 19.1 Å². The lowest BCUT2D eigenvalue weighted by Gasteiger charge is -2.54. The molecule has 0 amide bonds. The second-order valence-electron chi connectivity index (χ2n) is 7.86. The highest BCUT2D eigenvalue weighted by Crippen LogP contribution is 2.53. The van der Waals surface area contributed by atoms with Gasteiger partial charge in [0, 0.05) is 23.7 Å². The van der Waals surface area contributed by atoms with Crippen LogP contribution < -0.4 is 14.8 Å². The first kappa shape index (κ1) is 16.5. The molecule has 0 aromatic heterocycles. The van der Waals surface area contributed by atoms with Gasteiger partial charge in [-0.25, -0.2) is 0 Å². The Morgan fingerprint density at radius 2 is 1.71 bits per heavy atom. The zero-order valence-electron chi connectivity index (χ0n) is 14.7. The molecule has 5 rings (SSSR count). The lowest BCUT2D eigenvalue weighted by molar-refractivity contribution is -0.0142. The van der Waals surface area contributed by atoms with Crippen molar-refractivity contribution in [3.63, 3.8) is 0 Å². The van der Waals surface area contributed by atoms with Crippen LogP contribution in [0.5, 0.6) is 11.5 Å². The normalized spacial score (nSPS) is 33.7. The zero-order valence-corrected chi connectivity index (χ0v) is 15.4. The molecule has 0 aliphatic heterocycles. The van der Waals surface area contributed by atoms with Crippen molar-refractivity contribution in [1.29, 1.82) is 0 Å². The number of hydrogen-bond acceptors (Lipinski definition) is 3. The van der Waals surface area contributed by atoms with Crippen molar-refractivity contribution in [2.24, 2.45) is 23.7 Å². The monoisotopic (exact) mass is 349 g/mol. The van der Waals surface area contributed by atoms with Gasteiger partial charge in [-0.1, -0.05) is 11.6 Å². The van der Waals surface area contributed by atoms with Gasteiger partial charge in [-0.2, -0.15) is 0 Å². The molecule has 4 saturated carbocycles. The van der Waals surface area contributed by atoms with Crippen LogP contribution in [0.15, 0.2) is 12.1 Å². The predicted molar refractivity (Wildman–Crippen MR) is 96.8 cm³/mol. The Balaban J connectivity index is 1.46. The Morgan fingerprint density at radius 3 is 2.29 bits per heavy atom. The molecule has 0 saturated heterocycles. The number of benzene rings is 1. The minimum atomic E-state index is 0.609. The molecule has 132 valence electrons. The van der Waals surface area contributed by atoms with Crippen LogP contribution in [0.25, 0.3) is 0 Å². The number of rotatable bonds is 6. The van der Waals surface area contributed by atoms with Crippen molar-refractivity contribution >= 4 is 11.6 Å². The van der Waals surface area contributed by atoms with Gasteiger partial charge in [0.1, 0.15) is 0 Å². The van der Waals surface area contributed by atoms with Crippen molar-refractivity contribution < 1.29 is 9.47 Å². The Bertz CT molecular complexity index is 576. The number of halogens is 1. The van der Waals surface area contributed by atoms with Gasteiger partial charge >= 0.3 is 0 Å². The minimum Gasteiger partial charge on any atom is -0.493 e. The molecule has 3 nitrogen and oxygen atoms in total. The topological polar surface area (TPSA) is 30.5 Å². The minimum absolute atomic E-state index is 0.609. The maximum Gasteiger partial charge on any atom is 0.162 e. The van der Waals surface area contributed by atoms with Gasteiger partial charge in [-0.3, -0.25) is 0 Å². The molecule has 0 unspecified atom stereocenters. The van der Waals surface area contributed by atoms with Crippen LogP contribution in [0.4, 0.5) is 0 Å². The average Bonchev–Trinajstić information content (AvgIpc) is 2.55. The molecule has 4 fully saturated rings. The van der Waals surface area contributed by atoms with Gasteiger partial charge in [-0.15, -0.1) is 0 Å². The summed E-state index contributed by atoms with van der Waals surface area (Å²) in [4.78, 5) is 0. The molecule has 4 aliphatic carbocycles. The summed E-state index contributed by atoms with van der Waals surface area (Å²) in [5.74, 6) is 5.28. The number of methoxy groups -OCH3 is 1. The molecule has 1 aromatic carbocycles. The third-order valence-electron chi connectivity index (χ3n) is 6.39. The molecule has 0 radical (unpaired) electrons. The molecular formula is C20H28ClNO2. The summed E-state index contributed by atoms with van der Waals surface area (Å²) in [7, 11) is 1.68. The highest BCUT2D eigenvalue weighted by atomic mass is 35.5. The van der Waals surface area contributed by atoms with Crippen LogP contribution in [0, 0.1) is 23.7 Å². The second-order valence-corrected chi connectivity index (χ2v) is 8.27. The first-order valence-corrected chi connectivity index (χ1v) is 9.78. The molecule has 4 bridgehead atoms. The van der Waals surface area contributed by atoms with E-state index in [1.165, 1.54) is 32.1 Å². The lowest BCUT2D eigenvalue weighted by atomic mass is 9.54. The summed E-state index contributed by atoms with van der Waals surface area (Å²) in [6.45, 7) is 3.39. The largest absolute Gasteiger partial charge is 0.493 e. The predicted octanol–water partition coefficient (Wildman–Crippen LogP) is 4.66. The van der Waals surface area contributed by atoms with E-state index in [0.29, 0.717) is 12.6 Å². The Hall–Kier alpha value is -0.930. The summed E-state index contributed by atoms with van der Waals surface area (Å²) in [6.07, 6.45) is 7.24. The van der Waals surface area contributed by atoms with Crippen molar-refractivity contribution in [3.8, 4) is 11.5 Å². The number of hydrogen-bond donors (Lipinski definition) is 1. The van der Waals surface area contributed by atoms with Gasteiger partial charge in [0.25, 0.3) is 0 Å². The molecule has 24 heavy (non-hydrogen) atoms. The molecule has 0 spiro atoms. The Morgan fingerprint density at radius 1 is 1.04 bits per heavy atom. The first-order valence-electron chi connectivity index (χ1n) is 9.40. The summed E-state index contributed by atoms with van der Waals surface area (Å²) in [5.41, 5.74) is 1.10. The fraction of sp³-hybridized carbons (Fsp3) is 0.700. The molecule has 0 heterocycles. The van der Waals surface area contributed by atoms with Gasteiger partial charge in [0.2, 0.25) is 0 Å². The fourth-order valence-corrected chi connectivity index (χ4v) is 5.85. The van der Waals surface area contributed by atoms with E-state index in [1.54, 1.807) is 7.11 Å². The lowest BCUT2D eigenvalue weighted by Crippen LogP contribution is -2.54. The molecule has 0 atom stereocenters. The van der Waals surface area contributed by atoms with Gasteiger partial charge in [0.05, 0.1) is 13.7 Å². The van der Waals surface area contributed by atoms with Crippen LogP contribution >= 0.6 is 11.6 Å². The molecule has 1 aromatic rings. The van der Waals surface area contributed by atoms with E-state index in [4.69, 9.17) is 21.1 Å². The highest BCUT2D eigenvalue weighted by Gasteiger charge is 2.47. The van der Waals surface area contributed by atoms with Crippen LogP contribution in [-0.4, -0.2) is 19.8 Å². The maximum atomic E-state index is 6.49. The van der Waals surface area contributed by atoms with Crippen molar-refractivity contribution in [2.45, 2.75) is 51.6 Å². The highest BCUT2D eigenvalue weighted by molar-refractivity contribution is 6.31.